The molecule has 212 valence electrons. The molecule has 0 saturated carbocycles. The molecule has 12 rings (SSSR count). The zero-order chi connectivity index (χ0) is 29.7. The Bertz CT molecular complexity index is 2600. The van der Waals surface area contributed by atoms with E-state index in [2.05, 4.69) is 160 Å². The molecule has 1 aliphatic carbocycles. The van der Waals surface area contributed by atoms with Crippen molar-refractivity contribution in [3.05, 3.63) is 151 Å². The van der Waals surface area contributed by atoms with E-state index in [0.29, 0.717) is 5.92 Å². The molecule has 0 radical (unpaired) electrons. The predicted octanol–water partition coefficient (Wildman–Crippen LogP) is 7.75. The summed E-state index contributed by atoms with van der Waals surface area (Å²) in [4.78, 5) is 2.60. The summed E-state index contributed by atoms with van der Waals surface area (Å²) in [6, 6.07) is 46.0. The highest BCUT2D eigenvalue weighted by Crippen LogP contribution is 2.49. The molecule has 4 aliphatic rings. The Kier molecular flexibility index (Phi) is 4.16. The Morgan fingerprint density at radius 2 is 1.07 bits per heavy atom. The van der Waals surface area contributed by atoms with E-state index in [1.165, 1.54) is 88.3 Å². The van der Waals surface area contributed by atoms with Crippen LogP contribution in [0.1, 0.15) is 11.5 Å². The molecule has 2 unspecified atom stereocenters. The second kappa shape index (κ2) is 8.10. The van der Waals surface area contributed by atoms with Gasteiger partial charge in [0, 0.05) is 61.2 Å². The lowest BCUT2D eigenvalue weighted by Gasteiger charge is -2.36. The van der Waals surface area contributed by atoms with Gasteiger partial charge in [0.1, 0.15) is 0 Å². The van der Waals surface area contributed by atoms with Gasteiger partial charge in [-0.15, -0.1) is 0 Å². The summed E-state index contributed by atoms with van der Waals surface area (Å²) in [5.74, 6) is 0.334. The average Bonchev–Trinajstić information content (AvgIpc) is 3.76. The van der Waals surface area contributed by atoms with Crippen molar-refractivity contribution in [2.75, 3.05) is 4.90 Å². The summed E-state index contributed by atoms with van der Waals surface area (Å²) >= 11 is 0. The number of benzene rings is 6. The molecular weight excluding hydrogens is 557 g/mol. The highest BCUT2D eigenvalue weighted by atomic mass is 15.2. The van der Waals surface area contributed by atoms with Crippen LogP contribution in [-0.4, -0.2) is 21.9 Å². The number of fused-ring (bicyclic) bond motifs is 13. The highest BCUT2D eigenvalue weighted by molar-refractivity contribution is 7.00. The first-order chi connectivity index (χ1) is 22.9. The minimum atomic E-state index is 0.149. The number of rotatable bonds is 1. The van der Waals surface area contributed by atoms with Crippen LogP contribution in [0, 0.1) is 0 Å². The molecule has 0 N–H and O–H groups in total. The van der Waals surface area contributed by atoms with Gasteiger partial charge in [-0.1, -0.05) is 115 Å². The van der Waals surface area contributed by atoms with Crippen LogP contribution in [-0.2, 0) is 0 Å². The second-order valence-electron chi connectivity index (χ2n) is 13.2. The maximum Gasteiger partial charge on any atom is 0.252 e. The Labute approximate surface area is 266 Å². The summed E-state index contributed by atoms with van der Waals surface area (Å²) in [6.45, 7) is 0.149. The van der Waals surface area contributed by atoms with Crippen molar-refractivity contribution >= 4 is 78.1 Å². The van der Waals surface area contributed by atoms with E-state index in [0.717, 1.165) is 0 Å². The van der Waals surface area contributed by atoms with Gasteiger partial charge in [-0.3, -0.25) is 0 Å². The smallest absolute Gasteiger partial charge is 0.252 e. The third-order valence-corrected chi connectivity index (χ3v) is 11.2. The summed E-state index contributed by atoms with van der Waals surface area (Å²) in [5, 5.41) is 5.28. The van der Waals surface area contributed by atoms with Crippen LogP contribution >= 0.6 is 0 Å². The molecule has 4 heteroatoms. The molecule has 6 aromatic carbocycles. The lowest BCUT2D eigenvalue weighted by molar-refractivity contribution is 0.744. The molecule has 8 aromatic rings. The van der Waals surface area contributed by atoms with Crippen LogP contribution in [0.3, 0.4) is 0 Å². The fourth-order valence-electron chi connectivity index (χ4n) is 9.54. The van der Waals surface area contributed by atoms with E-state index in [1.54, 1.807) is 0 Å². The van der Waals surface area contributed by atoms with Crippen LogP contribution < -0.4 is 21.3 Å². The van der Waals surface area contributed by atoms with Crippen molar-refractivity contribution in [3.8, 4) is 11.4 Å². The number of hydrogen-bond donors (Lipinski definition) is 0. The molecule has 0 amide bonds. The number of para-hydroxylation sites is 5. The molecule has 5 heterocycles. The van der Waals surface area contributed by atoms with Crippen molar-refractivity contribution in [2.24, 2.45) is 0 Å². The van der Waals surface area contributed by atoms with Gasteiger partial charge < -0.3 is 14.0 Å². The second-order valence-corrected chi connectivity index (χ2v) is 13.2. The minimum absolute atomic E-state index is 0.149. The lowest BCUT2D eigenvalue weighted by atomic mass is 9.34. The van der Waals surface area contributed by atoms with Gasteiger partial charge in [0.15, 0.2) is 0 Å². The van der Waals surface area contributed by atoms with Gasteiger partial charge in [0.25, 0.3) is 6.71 Å². The zero-order valence-corrected chi connectivity index (χ0v) is 24.9. The van der Waals surface area contributed by atoms with Gasteiger partial charge in [0.2, 0.25) is 0 Å². The van der Waals surface area contributed by atoms with E-state index in [4.69, 9.17) is 0 Å². The van der Waals surface area contributed by atoms with E-state index in [-0.39, 0.29) is 12.8 Å². The van der Waals surface area contributed by atoms with Crippen LogP contribution in [0.25, 0.3) is 55.0 Å². The van der Waals surface area contributed by atoms with Crippen molar-refractivity contribution in [1.29, 1.82) is 0 Å². The maximum atomic E-state index is 2.60. The standard InChI is InChI=1S/C42H26BN3/c1-5-19-34-26(11-1)27-12-2-6-20-35(27)44(34)25-23-38-40-39(24-25)46-37-22-8-4-14-29(37)31-16-10-18-33(42(31)46)43(40)32-17-9-15-30-28-13-3-7-21-36(28)45(38)41(30)32/h1-24,26,34H. The SMILES string of the molecule is C1=CC2c3ccccc3N(c3cc4c5c(c3)-n3c6ccccc6c6cccc(c63)B5c3cccc5c6ccccc6n-4c35)C2C=C1. The van der Waals surface area contributed by atoms with Crippen LogP contribution in [0.5, 0.6) is 0 Å². The van der Waals surface area contributed by atoms with E-state index in [1.807, 2.05) is 0 Å². The number of hydrogen-bond acceptors (Lipinski definition) is 1. The molecule has 2 aromatic heterocycles. The quantitative estimate of drug-likeness (QED) is 0.180. The van der Waals surface area contributed by atoms with Crippen LogP contribution in [0.2, 0.25) is 0 Å². The first-order valence-corrected chi connectivity index (χ1v) is 16.3. The lowest BCUT2D eigenvalue weighted by Crippen LogP contribution is -2.59. The molecule has 0 saturated heterocycles. The molecule has 0 spiro atoms. The largest absolute Gasteiger partial charge is 0.333 e. The van der Waals surface area contributed by atoms with E-state index in [9.17, 15) is 0 Å². The normalized spacial score (nSPS) is 18.2. The first kappa shape index (κ1) is 23.6. The van der Waals surface area contributed by atoms with Crippen LogP contribution in [0.4, 0.5) is 11.4 Å². The van der Waals surface area contributed by atoms with Crippen molar-refractivity contribution < 1.29 is 0 Å². The van der Waals surface area contributed by atoms with Crippen LogP contribution in [0.15, 0.2) is 146 Å². The van der Waals surface area contributed by atoms with Gasteiger partial charge in [0.05, 0.1) is 17.1 Å². The van der Waals surface area contributed by atoms with Crippen molar-refractivity contribution in [2.45, 2.75) is 12.0 Å². The van der Waals surface area contributed by atoms with E-state index >= 15 is 0 Å². The highest BCUT2D eigenvalue weighted by Gasteiger charge is 2.43. The molecule has 0 bridgehead atoms. The first-order valence-electron chi connectivity index (χ1n) is 16.3. The summed E-state index contributed by atoms with van der Waals surface area (Å²) in [5.41, 5.74) is 15.9. The monoisotopic (exact) mass is 583 g/mol. The number of allylic oxidation sites excluding steroid dienone is 2. The summed E-state index contributed by atoms with van der Waals surface area (Å²) in [7, 11) is 0. The zero-order valence-electron chi connectivity index (χ0n) is 24.9. The Hall–Kier alpha value is -5.74. The van der Waals surface area contributed by atoms with Gasteiger partial charge in [-0.05, 0) is 52.3 Å². The topological polar surface area (TPSA) is 13.1 Å². The van der Waals surface area contributed by atoms with E-state index < -0.39 is 0 Å². The fraction of sp³-hybridized carbons (Fsp3) is 0.0476. The molecular formula is C42H26BN3. The number of nitrogens with zero attached hydrogens (tertiary/aromatic N) is 3. The third-order valence-electron chi connectivity index (χ3n) is 11.2. The molecule has 2 atom stereocenters. The molecule has 46 heavy (non-hydrogen) atoms. The summed E-state index contributed by atoms with van der Waals surface area (Å²) < 4.78 is 5.15. The molecule has 3 nitrogen and oxygen atoms in total. The Balaban J connectivity index is 1.29. The van der Waals surface area contributed by atoms with Gasteiger partial charge in [-0.2, -0.15) is 0 Å². The molecule has 3 aliphatic heterocycles. The van der Waals surface area contributed by atoms with Crippen molar-refractivity contribution in [3.63, 3.8) is 0 Å². The van der Waals surface area contributed by atoms with Gasteiger partial charge >= 0.3 is 0 Å². The predicted molar refractivity (Wildman–Crippen MR) is 193 cm³/mol. The summed E-state index contributed by atoms with van der Waals surface area (Å²) in [6.07, 6.45) is 9.19. The van der Waals surface area contributed by atoms with Crippen molar-refractivity contribution in [1.82, 2.24) is 9.13 Å². The fourth-order valence-corrected chi connectivity index (χ4v) is 9.54. The minimum Gasteiger partial charge on any atom is -0.333 e. The Morgan fingerprint density at radius 1 is 0.500 bits per heavy atom. The third kappa shape index (κ3) is 2.63. The van der Waals surface area contributed by atoms with Gasteiger partial charge in [-0.25, -0.2) is 0 Å². The maximum absolute atomic E-state index is 2.60. The Morgan fingerprint density at radius 3 is 1.74 bits per heavy atom. The number of aromatic nitrogens is 2. The number of anilines is 2. The average molecular weight is 584 g/mol. The molecule has 0 fully saturated rings.